The Bertz CT molecular complexity index is 1280. The monoisotopic (exact) mass is 461 g/mol. The molecule has 1 aromatic heterocycles. The number of hydrogen-bond donors (Lipinski definition) is 1. The van der Waals surface area contributed by atoms with Gasteiger partial charge < -0.3 is 9.29 Å². The van der Waals surface area contributed by atoms with Gasteiger partial charge in [-0.3, -0.25) is 15.1 Å². The number of aromatic nitrogens is 1. The van der Waals surface area contributed by atoms with Gasteiger partial charge in [0.25, 0.3) is 0 Å². The van der Waals surface area contributed by atoms with Crippen molar-refractivity contribution in [2.24, 2.45) is 4.99 Å². The standard InChI is InChI=1S/C19H15N3O7S2/c23-19(24)17-10-30-18(21-17)16-7-1-11-9-13(4-8-15(11)20-16)29-31(27,28)14-5-2-12(3-6-14)22(25)26/h1-2,4-9,12,17H,3,10H2,(H,23,24)/t12?,17-/m1/s1. The van der Waals surface area contributed by atoms with Crippen LogP contribution in [0, 0.1) is 10.1 Å². The minimum absolute atomic E-state index is 0.0313. The molecular weight excluding hydrogens is 446 g/mol. The maximum atomic E-state index is 12.5. The summed E-state index contributed by atoms with van der Waals surface area (Å²) >= 11 is 1.32. The summed E-state index contributed by atoms with van der Waals surface area (Å²) < 4.78 is 30.2. The molecule has 1 aliphatic heterocycles. The molecule has 10 nitrogen and oxygen atoms in total. The maximum Gasteiger partial charge on any atom is 0.338 e. The van der Waals surface area contributed by atoms with Crippen LogP contribution in [0.2, 0.25) is 0 Å². The summed E-state index contributed by atoms with van der Waals surface area (Å²) in [5.74, 6) is -0.559. The van der Waals surface area contributed by atoms with Crippen LogP contribution in [0.15, 0.2) is 58.5 Å². The fourth-order valence-electron chi connectivity index (χ4n) is 3.02. The van der Waals surface area contributed by atoms with Crippen LogP contribution in [0.5, 0.6) is 5.75 Å². The summed E-state index contributed by atoms with van der Waals surface area (Å²) in [6.07, 6.45) is 3.63. The molecule has 12 heteroatoms. The molecule has 0 fully saturated rings. The zero-order chi connectivity index (χ0) is 22.2. The van der Waals surface area contributed by atoms with Crippen LogP contribution >= 0.6 is 11.8 Å². The number of aliphatic imine (C=N–C) groups is 1. The van der Waals surface area contributed by atoms with E-state index in [0.717, 1.165) is 0 Å². The molecule has 160 valence electrons. The number of carbonyl (C=O) groups is 1. The van der Waals surface area contributed by atoms with Gasteiger partial charge in [0, 0.05) is 22.5 Å². The van der Waals surface area contributed by atoms with Gasteiger partial charge in [-0.15, -0.1) is 11.8 Å². The first-order valence-electron chi connectivity index (χ1n) is 9.04. The molecule has 2 atom stereocenters. The van der Waals surface area contributed by atoms with Crippen LogP contribution in [0.3, 0.4) is 0 Å². The van der Waals surface area contributed by atoms with E-state index in [4.69, 9.17) is 9.29 Å². The van der Waals surface area contributed by atoms with Crippen LogP contribution in [0.1, 0.15) is 12.1 Å². The molecule has 31 heavy (non-hydrogen) atoms. The Labute approximate surface area is 180 Å². The Kier molecular flexibility index (Phi) is 5.50. The van der Waals surface area contributed by atoms with Crippen molar-refractivity contribution >= 4 is 43.8 Å². The zero-order valence-corrected chi connectivity index (χ0v) is 17.4. The van der Waals surface area contributed by atoms with Crippen molar-refractivity contribution in [2.75, 3.05) is 5.75 Å². The number of carboxylic acids is 1. The second-order valence-corrected chi connectivity index (χ2v) is 9.30. The van der Waals surface area contributed by atoms with Gasteiger partial charge in [-0.1, -0.05) is 12.1 Å². The van der Waals surface area contributed by atoms with E-state index in [2.05, 4.69) is 9.98 Å². The van der Waals surface area contributed by atoms with Crippen LogP contribution in [0.4, 0.5) is 0 Å². The predicted molar refractivity (Wildman–Crippen MR) is 114 cm³/mol. The molecule has 0 saturated heterocycles. The maximum absolute atomic E-state index is 12.5. The summed E-state index contributed by atoms with van der Waals surface area (Å²) in [5.41, 5.74) is 1.11. The number of carboxylic acid groups (broad SMARTS) is 1. The zero-order valence-electron chi connectivity index (χ0n) is 15.7. The fraction of sp³-hybridized carbons (Fsp3) is 0.211. The number of fused-ring (bicyclic) bond motifs is 1. The van der Waals surface area contributed by atoms with Crippen molar-refractivity contribution in [3.8, 4) is 5.75 Å². The van der Waals surface area contributed by atoms with Crippen LogP contribution < -0.4 is 4.18 Å². The number of nitro groups is 1. The summed E-state index contributed by atoms with van der Waals surface area (Å²) in [6, 6.07) is 6.21. The lowest BCUT2D eigenvalue weighted by molar-refractivity contribution is -0.508. The quantitative estimate of drug-likeness (QED) is 0.388. The van der Waals surface area contributed by atoms with Gasteiger partial charge in [-0.25, -0.2) is 9.78 Å². The summed E-state index contributed by atoms with van der Waals surface area (Å²) in [4.78, 5) is 29.8. The van der Waals surface area contributed by atoms with Gasteiger partial charge >= 0.3 is 16.1 Å². The van der Waals surface area contributed by atoms with E-state index in [9.17, 15) is 23.3 Å². The third-order valence-electron chi connectivity index (χ3n) is 4.62. The lowest BCUT2D eigenvalue weighted by Crippen LogP contribution is -2.20. The van der Waals surface area contributed by atoms with Gasteiger partial charge in [0.15, 0.2) is 6.04 Å². The van der Waals surface area contributed by atoms with Crippen molar-refractivity contribution in [1.82, 2.24) is 4.98 Å². The van der Waals surface area contributed by atoms with Gasteiger partial charge in [-0.2, -0.15) is 8.42 Å². The third kappa shape index (κ3) is 4.44. The molecule has 0 amide bonds. The summed E-state index contributed by atoms with van der Waals surface area (Å²) in [5, 5.41) is 21.0. The van der Waals surface area contributed by atoms with E-state index in [1.165, 1.54) is 42.1 Å². The Morgan fingerprint density at radius 2 is 2.10 bits per heavy atom. The number of allylic oxidation sites excluding steroid dienone is 1. The minimum Gasteiger partial charge on any atom is -0.480 e. The molecule has 1 N–H and O–H groups in total. The van der Waals surface area contributed by atoms with E-state index in [0.29, 0.717) is 27.4 Å². The molecule has 1 unspecified atom stereocenters. The molecule has 0 spiro atoms. The number of rotatable bonds is 6. The van der Waals surface area contributed by atoms with E-state index >= 15 is 0 Å². The van der Waals surface area contributed by atoms with Gasteiger partial charge in [0.05, 0.1) is 11.2 Å². The van der Waals surface area contributed by atoms with E-state index in [1.54, 1.807) is 18.2 Å². The van der Waals surface area contributed by atoms with Crippen molar-refractivity contribution in [3.05, 3.63) is 69.3 Å². The second kappa shape index (κ2) is 8.12. The van der Waals surface area contributed by atoms with E-state index < -0.39 is 33.1 Å². The SMILES string of the molecule is O=C(O)[C@H]1CSC(c2ccc3cc(OS(=O)(=O)C4=CCC([N+](=O)[O-])C=C4)ccc3n2)=N1. The van der Waals surface area contributed by atoms with Crippen molar-refractivity contribution < 1.29 is 27.4 Å². The van der Waals surface area contributed by atoms with Crippen molar-refractivity contribution in [1.29, 1.82) is 0 Å². The highest BCUT2D eigenvalue weighted by Crippen LogP contribution is 2.27. The summed E-state index contributed by atoms with van der Waals surface area (Å²) in [6.45, 7) is 0. The highest BCUT2D eigenvalue weighted by Gasteiger charge is 2.27. The molecule has 4 rings (SSSR count). The first-order valence-corrected chi connectivity index (χ1v) is 11.4. The Hall–Kier alpha value is -3.25. The Balaban J connectivity index is 1.54. The second-order valence-electron chi connectivity index (χ2n) is 6.74. The lowest BCUT2D eigenvalue weighted by Gasteiger charge is -2.12. The van der Waals surface area contributed by atoms with Gasteiger partial charge in [-0.05, 0) is 36.4 Å². The third-order valence-corrected chi connectivity index (χ3v) is 6.99. The Morgan fingerprint density at radius 1 is 1.29 bits per heavy atom. The number of benzene rings is 1. The first-order chi connectivity index (χ1) is 14.7. The van der Waals surface area contributed by atoms with Gasteiger partial charge in [0.2, 0.25) is 6.04 Å². The first kappa shape index (κ1) is 21.0. The highest BCUT2D eigenvalue weighted by molar-refractivity contribution is 8.14. The topological polar surface area (TPSA) is 149 Å². The molecule has 2 heterocycles. The van der Waals surface area contributed by atoms with Crippen LogP contribution in [-0.2, 0) is 14.9 Å². The number of thioether (sulfide) groups is 1. The van der Waals surface area contributed by atoms with Crippen LogP contribution in [0.25, 0.3) is 10.9 Å². The number of pyridine rings is 1. The number of nitrogens with zero attached hydrogens (tertiary/aromatic N) is 3. The summed E-state index contributed by atoms with van der Waals surface area (Å²) in [7, 11) is -4.14. The minimum atomic E-state index is -4.14. The normalized spacial score (nSPS) is 20.9. The van der Waals surface area contributed by atoms with Crippen molar-refractivity contribution in [2.45, 2.75) is 18.5 Å². The Morgan fingerprint density at radius 3 is 2.74 bits per heavy atom. The number of aliphatic carboxylic acids is 1. The molecular formula is C19H15N3O7S2. The van der Waals surface area contributed by atoms with E-state index in [1.807, 2.05) is 0 Å². The molecule has 2 aliphatic rings. The molecule has 0 radical (unpaired) electrons. The van der Waals surface area contributed by atoms with Crippen molar-refractivity contribution in [3.63, 3.8) is 0 Å². The fourth-order valence-corrected chi connectivity index (χ4v) is 5.02. The largest absolute Gasteiger partial charge is 0.480 e. The van der Waals surface area contributed by atoms with E-state index in [-0.39, 0.29) is 17.1 Å². The number of hydrogen-bond acceptors (Lipinski definition) is 9. The molecule has 1 aromatic carbocycles. The average molecular weight is 461 g/mol. The molecule has 0 saturated carbocycles. The molecule has 2 aromatic rings. The van der Waals surface area contributed by atoms with Gasteiger partial charge in [0.1, 0.15) is 15.7 Å². The predicted octanol–water partition coefficient (Wildman–Crippen LogP) is 2.38. The highest BCUT2D eigenvalue weighted by atomic mass is 32.2. The lowest BCUT2D eigenvalue weighted by atomic mass is 10.1. The molecule has 1 aliphatic carbocycles. The average Bonchev–Trinajstić information content (AvgIpc) is 3.24. The smallest absolute Gasteiger partial charge is 0.338 e. The van der Waals surface area contributed by atoms with Crippen LogP contribution in [-0.4, -0.2) is 52.3 Å². The molecule has 0 bridgehead atoms.